The molecule has 44 valence electrons. The Kier molecular flexibility index (Phi) is 4.57. The Morgan fingerprint density at radius 1 is 1.71 bits per heavy atom. The van der Waals surface area contributed by atoms with E-state index in [0.29, 0.717) is 11.8 Å². The summed E-state index contributed by atoms with van der Waals surface area (Å²) >= 11 is 5.45. The van der Waals surface area contributed by atoms with Gasteiger partial charge in [0, 0.05) is 19.6 Å². The van der Waals surface area contributed by atoms with Gasteiger partial charge in [0.1, 0.15) is 0 Å². The number of ether oxygens (including phenoxy) is 1. The molecule has 0 N–H and O–H groups in total. The first-order valence-corrected chi connectivity index (χ1v) is 2.89. The maximum absolute atomic E-state index is 5.45. The highest BCUT2D eigenvalue weighted by atomic mass is 35.5. The van der Waals surface area contributed by atoms with Crippen LogP contribution in [0.4, 0.5) is 0 Å². The average Bonchev–Trinajstić information content (AvgIpc) is 1.68. The Balaban J connectivity index is 2.83. The Hall–Kier alpha value is 0.250. The summed E-state index contributed by atoms with van der Waals surface area (Å²) < 4.78 is 4.81. The van der Waals surface area contributed by atoms with Crippen molar-refractivity contribution in [3.8, 4) is 0 Å². The molecule has 0 radical (unpaired) electrons. The zero-order valence-corrected chi connectivity index (χ0v) is 5.53. The molecule has 0 aromatic carbocycles. The van der Waals surface area contributed by atoms with Crippen molar-refractivity contribution in [3.05, 3.63) is 0 Å². The van der Waals surface area contributed by atoms with Crippen LogP contribution in [0.15, 0.2) is 0 Å². The van der Waals surface area contributed by atoms with Gasteiger partial charge >= 0.3 is 0 Å². The van der Waals surface area contributed by atoms with Gasteiger partial charge in [0.15, 0.2) is 0 Å². The molecule has 7 heavy (non-hydrogen) atoms. The van der Waals surface area contributed by atoms with Crippen molar-refractivity contribution < 1.29 is 4.74 Å². The molecule has 0 aromatic heterocycles. The van der Waals surface area contributed by atoms with Gasteiger partial charge in [0.05, 0.1) is 0 Å². The predicted octanol–water partition coefficient (Wildman–Crippen LogP) is 1.51. The van der Waals surface area contributed by atoms with Crippen LogP contribution in [0.25, 0.3) is 0 Å². The van der Waals surface area contributed by atoms with Crippen LogP contribution in [0.1, 0.15) is 6.92 Å². The van der Waals surface area contributed by atoms with Crippen molar-refractivity contribution in [3.63, 3.8) is 0 Å². The van der Waals surface area contributed by atoms with Crippen LogP contribution in [-0.2, 0) is 4.74 Å². The van der Waals surface area contributed by atoms with Crippen molar-refractivity contribution in [2.24, 2.45) is 5.92 Å². The third-order valence-electron chi connectivity index (χ3n) is 0.715. The molecular formula is C5H11ClO. The van der Waals surface area contributed by atoms with Crippen LogP contribution >= 0.6 is 11.6 Å². The smallest absolute Gasteiger partial charge is 0.0499 e. The molecule has 1 unspecified atom stereocenters. The van der Waals surface area contributed by atoms with Crippen molar-refractivity contribution in [1.82, 2.24) is 0 Å². The van der Waals surface area contributed by atoms with Crippen molar-refractivity contribution in [2.75, 3.05) is 19.6 Å². The summed E-state index contributed by atoms with van der Waals surface area (Å²) in [6.45, 7) is 2.82. The van der Waals surface area contributed by atoms with Crippen LogP contribution in [0.5, 0.6) is 0 Å². The van der Waals surface area contributed by atoms with E-state index in [1.54, 1.807) is 7.11 Å². The SMILES string of the molecule is COCC(C)CCl. The molecule has 0 saturated carbocycles. The fourth-order valence-electron chi connectivity index (χ4n) is 0.329. The maximum Gasteiger partial charge on any atom is 0.0499 e. The molecule has 0 aromatic rings. The number of hydrogen-bond donors (Lipinski definition) is 0. The second-order valence-corrected chi connectivity index (χ2v) is 2.02. The fourth-order valence-corrected chi connectivity index (χ4v) is 0.418. The predicted molar refractivity (Wildman–Crippen MR) is 31.8 cm³/mol. The highest BCUT2D eigenvalue weighted by Crippen LogP contribution is 1.95. The van der Waals surface area contributed by atoms with Crippen LogP contribution in [0.3, 0.4) is 0 Å². The molecule has 2 heteroatoms. The van der Waals surface area contributed by atoms with Gasteiger partial charge in [-0.15, -0.1) is 11.6 Å². The third-order valence-corrected chi connectivity index (χ3v) is 1.24. The quantitative estimate of drug-likeness (QED) is 0.516. The molecule has 0 aliphatic rings. The van der Waals surface area contributed by atoms with Crippen molar-refractivity contribution in [2.45, 2.75) is 6.92 Å². The molecule has 0 rings (SSSR count). The lowest BCUT2D eigenvalue weighted by molar-refractivity contribution is 0.168. The zero-order valence-electron chi connectivity index (χ0n) is 4.78. The second-order valence-electron chi connectivity index (χ2n) is 1.71. The summed E-state index contributed by atoms with van der Waals surface area (Å²) in [4.78, 5) is 0. The minimum absolute atomic E-state index is 0.492. The van der Waals surface area contributed by atoms with Crippen LogP contribution < -0.4 is 0 Å². The lowest BCUT2D eigenvalue weighted by Crippen LogP contribution is -2.03. The first-order chi connectivity index (χ1) is 3.31. The fraction of sp³-hybridized carbons (Fsp3) is 1.00. The minimum atomic E-state index is 0.492. The van der Waals surface area contributed by atoms with Gasteiger partial charge in [-0.25, -0.2) is 0 Å². The summed E-state index contributed by atoms with van der Waals surface area (Å²) in [5.41, 5.74) is 0. The molecule has 0 amide bonds. The van der Waals surface area contributed by atoms with E-state index in [0.717, 1.165) is 6.61 Å². The molecule has 1 nitrogen and oxygen atoms in total. The van der Waals surface area contributed by atoms with E-state index in [2.05, 4.69) is 6.92 Å². The van der Waals surface area contributed by atoms with E-state index in [1.807, 2.05) is 0 Å². The van der Waals surface area contributed by atoms with Gasteiger partial charge in [0.2, 0.25) is 0 Å². The molecule has 0 heterocycles. The highest BCUT2D eigenvalue weighted by Gasteiger charge is 1.94. The van der Waals surface area contributed by atoms with E-state index in [1.165, 1.54) is 0 Å². The van der Waals surface area contributed by atoms with Gasteiger partial charge in [-0.1, -0.05) is 6.92 Å². The largest absolute Gasteiger partial charge is 0.384 e. The Morgan fingerprint density at radius 3 is 2.43 bits per heavy atom. The topological polar surface area (TPSA) is 9.23 Å². The average molecular weight is 123 g/mol. The Bertz CT molecular complexity index is 39.1. The molecule has 0 bridgehead atoms. The Labute approximate surface area is 49.6 Å². The number of methoxy groups -OCH3 is 1. The Morgan fingerprint density at radius 2 is 2.29 bits per heavy atom. The van der Waals surface area contributed by atoms with Crippen molar-refractivity contribution in [1.29, 1.82) is 0 Å². The molecule has 0 saturated heterocycles. The minimum Gasteiger partial charge on any atom is -0.384 e. The monoisotopic (exact) mass is 122 g/mol. The summed E-state index contributed by atoms with van der Waals surface area (Å²) in [6, 6.07) is 0. The maximum atomic E-state index is 5.45. The summed E-state index contributed by atoms with van der Waals surface area (Å²) in [5, 5.41) is 0. The number of hydrogen-bond acceptors (Lipinski definition) is 1. The lowest BCUT2D eigenvalue weighted by atomic mass is 10.2. The third kappa shape index (κ3) is 4.10. The van der Waals surface area contributed by atoms with Crippen LogP contribution in [0.2, 0.25) is 0 Å². The van der Waals surface area contributed by atoms with Gasteiger partial charge in [-0.2, -0.15) is 0 Å². The summed E-state index contributed by atoms with van der Waals surface area (Å²) in [5.74, 6) is 1.18. The van der Waals surface area contributed by atoms with E-state index < -0.39 is 0 Å². The normalized spacial score (nSPS) is 14.1. The summed E-state index contributed by atoms with van der Waals surface area (Å²) in [6.07, 6.45) is 0. The van der Waals surface area contributed by atoms with E-state index in [4.69, 9.17) is 16.3 Å². The zero-order chi connectivity index (χ0) is 5.70. The number of alkyl halides is 1. The standard InChI is InChI=1S/C5H11ClO/c1-5(3-6)4-7-2/h5H,3-4H2,1-2H3. The first-order valence-electron chi connectivity index (χ1n) is 2.36. The van der Waals surface area contributed by atoms with E-state index in [9.17, 15) is 0 Å². The molecule has 0 spiro atoms. The van der Waals surface area contributed by atoms with E-state index in [-0.39, 0.29) is 0 Å². The lowest BCUT2D eigenvalue weighted by Gasteiger charge is -2.02. The molecule has 1 atom stereocenters. The van der Waals surface area contributed by atoms with Gasteiger partial charge in [-0.3, -0.25) is 0 Å². The van der Waals surface area contributed by atoms with Gasteiger partial charge < -0.3 is 4.74 Å². The second kappa shape index (κ2) is 4.41. The molecule has 0 fully saturated rings. The van der Waals surface area contributed by atoms with Gasteiger partial charge in [0.25, 0.3) is 0 Å². The van der Waals surface area contributed by atoms with Gasteiger partial charge in [-0.05, 0) is 5.92 Å². The van der Waals surface area contributed by atoms with E-state index >= 15 is 0 Å². The molecule has 0 aliphatic carbocycles. The van der Waals surface area contributed by atoms with Crippen LogP contribution in [0, 0.1) is 5.92 Å². The summed E-state index contributed by atoms with van der Waals surface area (Å²) in [7, 11) is 1.68. The number of rotatable bonds is 3. The van der Waals surface area contributed by atoms with Crippen LogP contribution in [-0.4, -0.2) is 19.6 Å². The highest BCUT2D eigenvalue weighted by molar-refractivity contribution is 6.18. The first kappa shape index (κ1) is 7.25. The molecule has 0 aliphatic heterocycles. The van der Waals surface area contributed by atoms with Crippen molar-refractivity contribution >= 4 is 11.6 Å². The number of halogens is 1. The molecular weight excluding hydrogens is 112 g/mol.